The topological polar surface area (TPSA) is 102 Å². The van der Waals surface area contributed by atoms with Crippen LogP contribution in [0.3, 0.4) is 0 Å². The van der Waals surface area contributed by atoms with E-state index in [0.29, 0.717) is 0 Å². The van der Waals surface area contributed by atoms with E-state index < -0.39 is 0 Å². The predicted molar refractivity (Wildman–Crippen MR) is 77.0 cm³/mol. The molecule has 0 unspecified atom stereocenters. The smallest absolute Gasteiger partial charge is 0.334 e. The average molecular weight is 437 g/mol. The van der Waals surface area contributed by atoms with Crippen LogP contribution in [0.2, 0.25) is 0 Å². The van der Waals surface area contributed by atoms with Gasteiger partial charge in [-0.1, -0.05) is 0 Å². The van der Waals surface area contributed by atoms with E-state index in [2.05, 4.69) is 0 Å². The molecule has 1 radical (unpaired) electrons. The molecule has 0 bridgehead atoms. The molecule has 0 aliphatic carbocycles. The summed E-state index contributed by atoms with van der Waals surface area (Å²) in [6, 6.07) is 0. The van der Waals surface area contributed by atoms with Gasteiger partial charge >= 0.3 is 41.7 Å². The van der Waals surface area contributed by atoms with Crippen LogP contribution in [-0.4, -0.2) is 34.7 Å². The third-order valence-corrected chi connectivity index (χ3v) is 1.22. The molecule has 0 spiro atoms. The fourth-order valence-corrected chi connectivity index (χ4v) is 0.859. The quantitative estimate of drug-likeness (QED) is 0.456. The van der Waals surface area contributed by atoms with Crippen LogP contribution in [0.15, 0.2) is 0 Å². The molecule has 0 saturated heterocycles. The number of hydrogen-bond donors (Lipinski definition) is 0. The summed E-state index contributed by atoms with van der Waals surface area (Å²) in [4.78, 5) is 59.9. The van der Waals surface area contributed by atoms with Gasteiger partial charge in [-0.2, -0.15) is 0 Å². The first-order valence-corrected chi connectivity index (χ1v) is 5.96. The molecule has 0 aliphatic rings. The molecule has 0 aliphatic heterocycles. The molecule has 6 nitrogen and oxygen atoms in total. The van der Waals surface area contributed by atoms with Gasteiger partial charge in [0.25, 0.3) is 0 Å². The molecule has 0 heterocycles. The largest absolute Gasteiger partial charge is 3.00 e. The second-order valence-electron chi connectivity index (χ2n) is 4.10. The Morgan fingerprint density at radius 2 is 0.500 bits per heavy atom. The number of rotatable bonds is 6. The minimum atomic E-state index is -0.187. The average Bonchev–Trinajstić information content (AvgIpc) is 2.10. The predicted octanol–water partition coefficient (Wildman–Crippen LogP) is 1.11. The number of carbonyl (C=O) groups is 6. The summed E-state index contributed by atoms with van der Waals surface area (Å²) >= 11 is 0. The van der Waals surface area contributed by atoms with E-state index in [1.807, 2.05) is 0 Å². The van der Waals surface area contributed by atoms with E-state index >= 15 is 0 Å². The van der Waals surface area contributed by atoms with Gasteiger partial charge in [0, 0.05) is 34.7 Å². The Morgan fingerprint density at radius 3 is 0.500 bits per heavy atom. The van der Waals surface area contributed by atoms with Gasteiger partial charge in [0.15, 0.2) is 0 Å². The zero-order valence-electron chi connectivity index (χ0n) is 13.7. The first-order chi connectivity index (χ1) is 9.38. The van der Waals surface area contributed by atoms with Gasteiger partial charge in [0.05, 0.1) is 0 Å². The third-order valence-electron chi connectivity index (χ3n) is 1.22. The maximum atomic E-state index is 9.98. The fourth-order valence-electron chi connectivity index (χ4n) is 0.859. The monoisotopic (exact) mass is 437 g/mol. The van der Waals surface area contributed by atoms with Gasteiger partial charge in [-0.15, -0.1) is 0 Å². The molecule has 0 aromatic heterocycles. The molecule has 121 valence electrons. The van der Waals surface area contributed by atoms with Crippen LogP contribution in [0.5, 0.6) is 0 Å². The van der Waals surface area contributed by atoms with Gasteiger partial charge in [0.1, 0.15) is 0 Å². The molecular formula is C15H21CeO6. The standard InChI is InChI=1S/3C5H7O2.Ce/c3*1-4(6)3-5(2)7;/h3*3H,1-2H3;/q3*-1;+3. The van der Waals surface area contributed by atoms with Crippen molar-refractivity contribution in [1.82, 2.24) is 0 Å². The van der Waals surface area contributed by atoms with Crippen LogP contribution in [0, 0.1) is 61.0 Å². The zero-order chi connectivity index (χ0) is 17.6. The van der Waals surface area contributed by atoms with E-state index in [-0.39, 0.29) is 76.4 Å². The van der Waals surface area contributed by atoms with Crippen LogP contribution in [0.1, 0.15) is 41.5 Å². The minimum Gasteiger partial charge on any atom is -0.334 e. The summed E-state index contributed by atoms with van der Waals surface area (Å²) in [5.74, 6) is -1.12. The van der Waals surface area contributed by atoms with Crippen molar-refractivity contribution in [3.63, 3.8) is 0 Å². The second-order valence-corrected chi connectivity index (χ2v) is 4.10. The van der Waals surface area contributed by atoms with E-state index in [1.165, 1.54) is 41.5 Å². The van der Waals surface area contributed by atoms with Crippen LogP contribution in [0.4, 0.5) is 0 Å². The van der Waals surface area contributed by atoms with E-state index in [9.17, 15) is 28.8 Å². The summed E-state index contributed by atoms with van der Waals surface area (Å²) < 4.78 is 0. The Kier molecular flexibility index (Phi) is 23.9. The van der Waals surface area contributed by atoms with Gasteiger partial charge in [-0.3, -0.25) is 19.3 Å². The molecule has 0 amide bonds. The van der Waals surface area contributed by atoms with Crippen molar-refractivity contribution in [2.45, 2.75) is 41.5 Å². The molecular weight excluding hydrogens is 416 g/mol. The van der Waals surface area contributed by atoms with Crippen LogP contribution < -0.4 is 0 Å². The summed E-state index contributed by atoms with van der Waals surface area (Å²) in [5.41, 5.74) is 0. The Hall–Kier alpha value is -0.993. The summed E-state index contributed by atoms with van der Waals surface area (Å²) in [6.45, 7) is 8.09. The van der Waals surface area contributed by atoms with E-state index in [1.54, 1.807) is 0 Å². The molecule has 0 aromatic carbocycles. The molecule has 0 saturated carbocycles. The van der Waals surface area contributed by atoms with E-state index in [4.69, 9.17) is 0 Å². The number of Topliss-reactive ketones (excluding diaryl/α,β-unsaturated/α-hetero) is 6. The van der Waals surface area contributed by atoms with E-state index in [0.717, 1.165) is 19.3 Å². The van der Waals surface area contributed by atoms with Crippen molar-refractivity contribution in [1.29, 1.82) is 0 Å². The van der Waals surface area contributed by atoms with Gasteiger partial charge in [-0.05, 0) is 41.5 Å². The summed E-state index contributed by atoms with van der Waals surface area (Å²) in [5, 5.41) is 0. The van der Waals surface area contributed by atoms with Crippen molar-refractivity contribution in [2.24, 2.45) is 0 Å². The first kappa shape index (κ1) is 29.1. The normalized spacial score (nSPS) is 7.36. The van der Waals surface area contributed by atoms with Crippen molar-refractivity contribution in [3.05, 3.63) is 19.3 Å². The first-order valence-electron chi connectivity index (χ1n) is 5.96. The zero-order valence-corrected chi connectivity index (χ0v) is 16.8. The van der Waals surface area contributed by atoms with Crippen LogP contribution in [0.25, 0.3) is 0 Å². The third kappa shape index (κ3) is 50.9. The Labute approximate surface area is 165 Å². The number of ketones is 6. The SMILES string of the molecule is CC(=O)[CH-]C(C)=O.CC(=O)[CH-]C(C)=O.CC(=O)[CH-]C(C)=O.[Ce+3]. The van der Waals surface area contributed by atoms with Crippen molar-refractivity contribution in [2.75, 3.05) is 0 Å². The second kappa shape index (κ2) is 18.1. The Balaban J connectivity index is -0.000000108. The maximum Gasteiger partial charge on any atom is 3.00 e. The van der Waals surface area contributed by atoms with Crippen molar-refractivity contribution in [3.8, 4) is 0 Å². The Bertz CT molecular complexity index is 314. The molecule has 7 heteroatoms. The maximum absolute atomic E-state index is 9.98. The molecule has 0 aromatic rings. The van der Waals surface area contributed by atoms with Gasteiger partial charge < -0.3 is 28.8 Å². The van der Waals surface area contributed by atoms with Crippen LogP contribution in [-0.2, 0) is 28.8 Å². The molecule has 0 rings (SSSR count). The fraction of sp³-hybridized carbons (Fsp3) is 0.400. The summed E-state index contributed by atoms with van der Waals surface area (Å²) in [6.07, 6.45) is 3.17. The minimum absolute atomic E-state index is 0. The number of carbonyl (C=O) groups excluding carboxylic acids is 6. The molecule has 22 heavy (non-hydrogen) atoms. The molecule has 0 atom stereocenters. The van der Waals surface area contributed by atoms with Gasteiger partial charge in [-0.25, -0.2) is 0 Å². The Morgan fingerprint density at radius 1 is 0.409 bits per heavy atom. The molecule has 0 fully saturated rings. The summed E-state index contributed by atoms with van der Waals surface area (Å²) in [7, 11) is 0. The van der Waals surface area contributed by atoms with Crippen LogP contribution >= 0.6 is 0 Å². The van der Waals surface area contributed by atoms with Crippen molar-refractivity contribution >= 4 is 34.7 Å². The number of hydrogen-bond acceptors (Lipinski definition) is 6. The van der Waals surface area contributed by atoms with Gasteiger partial charge in [0.2, 0.25) is 0 Å². The molecule has 0 N–H and O–H groups in total. The van der Waals surface area contributed by atoms with Crippen molar-refractivity contribution < 1.29 is 70.5 Å².